The maximum atomic E-state index is 12.3. The minimum atomic E-state index is -0.545. The van der Waals surface area contributed by atoms with E-state index in [1.165, 1.54) is 0 Å². The van der Waals surface area contributed by atoms with Gasteiger partial charge in [-0.15, -0.1) is 0 Å². The molecule has 160 valence electrons. The molecule has 0 aliphatic heterocycles. The van der Waals surface area contributed by atoms with Gasteiger partial charge in [0, 0.05) is 0 Å². The predicted octanol–water partition coefficient (Wildman–Crippen LogP) is 5.08. The molecule has 1 amide bonds. The number of benzene rings is 3. The van der Waals surface area contributed by atoms with E-state index >= 15 is 0 Å². The van der Waals surface area contributed by atoms with Crippen LogP contribution in [0, 0.1) is 0 Å². The minimum absolute atomic E-state index is 0.0987. The summed E-state index contributed by atoms with van der Waals surface area (Å²) in [6.07, 6.45) is 1.74. The smallest absolute Gasteiger partial charge is 0.338 e. The molecule has 1 N–H and O–H groups in total. The highest BCUT2D eigenvalue weighted by Crippen LogP contribution is 2.18. The molecule has 0 aliphatic rings. The zero-order valence-corrected chi connectivity index (χ0v) is 17.6. The molecule has 0 heterocycles. The third-order valence-corrected chi connectivity index (χ3v) is 4.79. The molecule has 0 unspecified atom stereocenters. The van der Waals surface area contributed by atoms with Crippen molar-refractivity contribution in [3.8, 4) is 5.75 Å². The topological polar surface area (TPSA) is 64.6 Å². The van der Waals surface area contributed by atoms with Crippen molar-refractivity contribution < 1.29 is 19.1 Å². The summed E-state index contributed by atoms with van der Waals surface area (Å²) < 4.78 is 10.9. The molecule has 0 radical (unpaired) electrons. The van der Waals surface area contributed by atoms with Crippen LogP contribution in [0.15, 0.2) is 84.9 Å². The molecule has 0 fully saturated rings. The van der Waals surface area contributed by atoms with Crippen LogP contribution < -0.4 is 10.1 Å². The molecule has 1 atom stereocenters. The number of amides is 1. The minimum Gasteiger partial charge on any atom is -0.489 e. The van der Waals surface area contributed by atoms with E-state index in [0.29, 0.717) is 17.9 Å². The third kappa shape index (κ3) is 7.00. The fourth-order valence-corrected chi connectivity index (χ4v) is 3.17. The van der Waals surface area contributed by atoms with Crippen molar-refractivity contribution in [3.63, 3.8) is 0 Å². The zero-order valence-electron chi connectivity index (χ0n) is 17.6. The predicted molar refractivity (Wildman–Crippen MR) is 120 cm³/mol. The second-order valence-corrected chi connectivity index (χ2v) is 7.19. The summed E-state index contributed by atoms with van der Waals surface area (Å²) >= 11 is 0. The maximum absolute atomic E-state index is 12.3. The molecule has 5 nitrogen and oxygen atoms in total. The van der Waals surface area contributed by atoms with Gasteiger partial charge in [0.15, 0.2) is 6.61 Å². The van der Waals surface area contributed by atoms with Crippen molar-refractivity contribution in [2.75, 3.05) is 6.61 Å². The van der Waals surface area contributed by atoms with Gasteiger partial charge >= 0.3 is 5.97 Å². The Labute approximate surface area is 183 Å². The Kier molecular flexibility index (Phi) is 8.23. The van der Waals surface area contributed by atoms with Gasteiger partial charge in [0.05, 0.1) is 11.6 Å². The lowest BCUT2D eigenvalue weighted by molar-refractivity contribution is -0.125. The van der Waals surface area contributed by atoms with Crippen LogP contribution in [0.1, 0.15) is 47.3 Å². The van der Waals surface area contributed by atoms with Crippen molar-refractivity contribution in [2.45, 2.75) is 32.4 Å². The lowest BCUT2D eigenvalue weighted by Gasteiger charge is -2.18. The number of ether oxygens (including phenoxy) is 2. The summed E-state index contributed by atoms with van der Waals surface area (Å²) in [6, 6.07) is 26.2. The molecular weight excluding hydrogens is 390 g/mol. The average Bonchev–Trinajstić information content (AvgIpc) is 2.82. The second-order valence-electron chi connectivity index (χ2n) is 7.19. The molecule has 0 bridgehead atoms. The first-order valence-corrected chi connectivity index (χ1v) is 10.4. The van der Waals surface area contributed by atoms with Crippen molar-refractivity contribution in [2.24, 2.45) is 0 Å². The summed E-state index contributed by atoms with van der Waals surface area (Å²) in [5.41, 5.74) is 2.47. The second kappa shape index (κ2) is 11.6. The largest absolute Gasteiger partial charge is 0.489 e. The van der Waals surface area contributed by atoms with Crippen molar-refractivity contribution in [1.29, 1.82) is 0 Å². The van der Waals surface area contributed by atoms with Gasteiger partial charge in [0.1, 0.15) is 12.4 Å². The maximum Gasteiger partial charge on any atom is 0.338 e. The number of carbonyl (C=O) groups is 2. The summed E-state index contributed by atoms with van der Waals surface area (Å²) in [5.74, 6) is -0.210. The van der Waals surface area contributed by atoms with E-state index in [-0.39, 0.29) is 18.6 Å². The van der Waals surface area contributed by atoms with Gasteiger partial charge in [-0.05, 0) is 41.8 Å². The summed E-state index contributed by atoms with van der Waals surface area (Å²) in [5, 5.41) is 2.95. The lowest BCUT2D eigenvalue weighted by Crippen LogP contribution is -2.32. The van der Waals surface area contributed by atoms with Crippen LogP contribution in [-0.4, -0.2) is 18.5 Å². The Morgan fingerprint density at radius 1 is 0.871 bits per heavy atom. The first-order valence-electron chi connectivity index (χ1n) is 10.4. The fraction of sp³-hybridized carbons (Fsp3) is 0.231. The van der Waals surface area contributed by atoms with Gasteiger partial charge in [-0.3, -0.25) is 4.79 Å². The number of esters is 1. The molecule has 31 heavy (non-hydrogen) atoms. The molecule has 0 aromatic heterocycles. The normalized spacial score (nSPS) is 11.4. The quantitative estimate of drug-likeness (QED) is 0.467. The summed E-state index contributed by atoms with van der Waals surface area (Å²) in [7, 11) is 0. The zero-order chi connectivity index (χ0) is 21.9. The van der Waals surface area contributed by atoms with Crippen LogP contribution in [-0.2, 0) is 16.1 Å². The number of hydrogen-bond acceptors (Lipinski definition) is 4. The average molecular weight is 418 g/mol. The highest BCUT2D eigenvalue weighted by Gasteiger charge is 2.16. The molecule has 3 aromatic rings. The molecule has 0 saturated carbocycles. The first-order chi connectivity index (χ1) is 15.2. The number of carbonyl (C=O) groups excluding carboxylic acids is 2. The number of hydrogen-bond donors (Lipinski definition) is 1. The Balaban J connectivity index is 1.47. The van der Waals surface area contributed by atoms with Gasteiger partial charge in [-0.1, -0.05) is 74.0 Å². The van der Waals surface area contributed by atoms with E-state index in [2.05, 4.69) is 12.2 Å². The molecule has 0 saturated heterocycles. The Morgan fingerprint density at radius 2 is 1.52 bits per heavy atom. The molecule has 0 aliphatic carbocycles. The van der Waals surface area contributed by atoms with E-state index in [4.69, 9.17) is 9.47 Å². The van der Waals surface area contributed by atoms with Crippen LogP contribution in [0.2, 0.25) is 0 Å². The molecule has 3 aromatic carbocycles. The first kappa shape index (κ1) is 22.1. The number of rotatable bonds is 10. The monoisotopic (exact) mass is 417 g/mol. The Morgan fingerprint density at radius 3 is 2.16 bits per heavy atom. The highest BCUT2D eigenvalue weighted by molar-refractivity contribution is 5.91. The van der Waals surface area contributed by atoms with E-state index in [0.717, 1.165) is 24.0 Å². The van der Waals surface area contributed by atoms with Gasteiger partial charge in [-0.25, -0.2) is 4.79 Å². The van der Waals surface area contributed by atoms with Crippen LogP contribution >= 0.6 is 0 Å². The molecule has 5 heteroatoms. The van der Waals surface area contributed by atoms with E-state index in [9.17, 15) is 9.59 Å². The van der Waals surface area contributed by atoms with Gasteiger partial charge in [0.2, 0.25) is 0 Å². The van der Waals surface area contributed by atoms with E-state index in [1.807, 2.05) is 60.7 Å². The molecule has 3 rings (SSSR count). The number of nitrogens with one attached hydrogen (secondary N) is 1. The Hall–Kier alpha value is -3.60. The molecular formula is C26H27NO4. The fourth-order valence-electron chi connectivity index (χ4n) is 3.17. The van der Waals surface area contributed by atoms with E-state index < -0.39 is 5.97 Å². The van der Waals surface area contributed by atoms with Crippen LogP contribution in [0.3, 0.4) is 0 Å². The standard InChI is InChI=1S/C26H27NO4/c1-2-9-24(21-12-7-4-8-13-21)27-25(28)19-31-26(29)22-14-16-23(17-15-22)30-18-20-10-5-3-6-11-20/h3-8,10-17,24H,2,9,18-19H2,1H3,(H,27,28)/t24-/m0/s1. The van der Waals surface area contributed by atoms with E-state index in [1.54, 1.807) is 24.3 Å². The summed E-state index contributed by atoms with van der Waals surface area (Å²) in [4.78, 5) is 24.6. The SMILES string of the molecule is CCC[C@H](NC(=O)COC(=O)c1ccc(OCc2ccccc2)cc1)c1ccccc1. The van der Waals surface area contributed by atoms with Gasteiger partial charge in [0.25, 0.3) is 5.91 Å². The van der Waals surface area contributed by atoms with Crippen LogP contribution in [0.25, 0.3) is 0 Å². The van der Waals surface area contributed by atoms with Crippen molar-refractivity contribution in [3.05, 3.63) is 102 Å². The summed E-state index contributed by atoms with van der Waals surface area (Å²) in [6.45, 7) is 2.19. The van der Waals surface area contributed by atoms with Gasteiger partial charge < -0.3 is 14.8 Å². The van der Waals surface area contributed by atoms with Crippen LogP contribution in [0.5, 0.6) is 5.75 Å². The van der Waals surface area contributed by atoms with Crippen LogP contribution in [0.4, 0.5) is 0 Å². The molecule has 0 spiro atoms. The Bertz CT molecular complexity index is 956. The highest BCUT2D eigenvalue weighted by atomic mass is 16.5. The lowest BCUT2D eigenvalue weighted by atomic mass is 10.0. The third-order valence-electron chi connectivity index (χ3n) is 4.79. The van der Waals surface area contributed by atoms with Gasteiger partial charge in [-0.2, -0.15) is 0 Å². The van der Waals surface area contributed by atoms with Crippen molar-refractivity contribution in [1.82, 2.24) is 5.32 Å². The van der Waals surface area contributed by atoms with Crippen molar-refractivity contribution >= 4 is 11.9 Å².